The molecule has 4 rings (SSSR count). The highest BCUT2D eigenvalue weighted by Crippen LogP contribution is 2.37. The van der Waals surface area contributed by atoms with Crippen molar-refractivity contribution in [1.29, 1.82) is 5.26 Å². The number of ether oxygens (including phenoxy) is 1. The number of pyridine rings is 1. The van der Waals surface area contributed by atoms with Crippen LogP contribution in [0.15, 0.2) is 36.5 Å². The van der Waals surface area contributed by atoms with Gasteiger partial charge in [0.05, 0.1) is 35.9 Å². The molecule has 1 aliphatic rings. The Morgan fingerprint density at radius 3 is 2.69 bits per heavy atom. The maximum Gasteiger partial charge on any atom is 0.140 e. The third-order valence-corrected chi connectivity index (χ3v) is 4.49. The molecule has 1 fully saturated rings. The Bertz CT molecular complexity index is 933. The van der Waals surface area contributed by atoms with Gasteiger partial charge in [0.25, 0.3) is 0 Å². The Kier molecular flexibility index (Phi) is 5.55. The minimum Gasteiger partial charge on any atom is -0.378 e. The van der Waals surface area contributed by atoms with Crippen molar-refractivity contribution in [2.24, 2.45) is 0 Å². The second-order valence-corrected chi connectivity index (χ2v) is 5.97. The van der Waals surface area contributed by atoms with E-state index in [9.17, 15) is 5.26 Å². The van der Waals surface area contributed by atoms with E-state index in [-0.39, 0.29) is 0 Å². The minimum absolute atomic E-state index is 0.665. The third-order valence-electron chi connectivity index (χ3n) is 4.49. The molecule has 0 atom stereocenters. The fourth-order valence-electron chi connectivity index (χ4n) is 3.39. The van der Waals surface area contributed by atoms with E-state index in [0.29, 0.717) is 5.56 Å². The number of aromatic amines is 1. The lowest BCUT2D eigenvalue weighted by atomic mass is 10.00. The number of nitrogens with one attached hydrogen (secondary N) is 1. The van der Waals surface area contributed by atoms with Gasteiger partial charge < -0.3 is 14.6 Å². The largest absolute Gasteiger partial charge is 0.378 e. The molecule has 134 valence electrons. The molecule has 5 heteroatoms. The van der Waals surface area contributed by atoms with Crippen LogP contribution in [0.5, 0.6) is 0 Å². The van der Waals surface area contributed by atoms with Crippen molar-refractivity contribution in [2.45, 2.75) is 20.8 Å². The first-order valence-corrected chi connectivity index (χ1v) is 9.08. The number of hydrogen-bond acceptors (Lipinski definition) is 4. The van der Waals surface area contributed by atoms with Crippen LogP contribution in [-0.2, 0) is 4.74 Å². The summed E-state index contributed by atoms with van der Waals surface area (Å²) in [7, 11) is 0. The molecule has 0 aliphatic carbocycles. The average molecular weight is 348 g/mol. The van der Waals surface area contributed by atoms with Gasteiger partial charge in [-0.25, -0.2) is 4.98 Å². The zero-order valence-electron chi connectivity index (χ0n) is 15.5. The Morgan fingerprint density at radius 1 is 1.19 bits per heavy atom. The molecule has 0 amide bonds. The molecule has 1 saturated heterocycles. The highest BCUT2D eigenvalue weighted by atomic mass is 16.5. The monoisotopic (exact) mass is 348 g/mol. The molecular weight excluding hydrogens is 324 g/mol. The van der Waals surface area contributed by atoms with Crippen molar-refractivity contribution in [2.75, 3.05) is 31.2 Å². The van der Waals surface area contributed by atoms with Gasteiger partial charge >= 0.3 is 0 Å². The van der Waals surface area contributed by atoms with Crippen LogP contribution in [0.2, 0.25) is 0 Å². The van der Waals surface area contributed by atoms with Gasteiger partial charge in [-0.2, -0.15) is 5.26 Å². The van der Waals surface area contributed by atoms with Gasteiger partial charge in [-0.3, -0.25) is 0 Å². The van der Waals surface area contributed by atoms with E-state index in [4.69, 9.17) is 4.74 Å². The molecular formula is C21H24N4O. The predicted octanol–water partition coefficient (Wildman–Crippen LogP) is 4.27. The lowest BCUT2D eigenvalue weighted by Gasteiger charge is -2.29. The fourth-order valence-corrected chi connectivity index (χ4v) is 3.39. The van der Waals surface area contributed by atoms with Crippen LogP contribution >= 0.6 is 0 Å². The van der Waals surface area contributed by atoms with E-state index >= 15 is 0 Å². The summed E-state index contributed by atoms with van der Waals surface area (Å²) in [5.41, 5.74) is 5.95. The number of benzene rings is 1. The average Bonchev–Trinajstić information content (AvgIpc) is 3.06. The highest BCUT2D eigenvalue weighted by molar-refractivity contribution is 6.04. The van der Waals surface area contributed by atoms with Crippen LogP contribution < -0.4 is 4.90 Å². The number of rotatable bonds is 2. The smallest absolute Gasteiger partial charge is 0.140 e. The van der Waals surface area contributed by atoms with Crippen molar-refractivity contribution < 1.29 is 4.74 Å². The molecule has 0 spiro atoms. The third kappa shape index (κ3) is 3.29. The van der Waals surface area contributed by atoms with E-state index in [1.165, 1.54) is 5.69 Å². The Hall–Kier alpha value is -2.84. The van der Waals surface area contributed by atoms with Crippen LogP contribution in [0.4, 0.5) is 5.69 Å². The lowest BCUT2D eigenvalue weighted by Crippen LogP contribution is -2.36. The van der Waals surface area contributed by atoms with E-state index in [2.05, 4.69) is 33.9 Å². The number of H-pyrrole nitrogens is 1. The Balaban J connectivity index is 0.000000948. The van der Waals surface area contributed by atoms with Gasteiger partial charge in [0.15, 0.2) is 0 Å². The molecule has 26 heavy (non-hydrogen) atoms. The number of morpholine rings is 1. The molecule has 1 N–H and O–H groups in total. The van der Waals surface area contributed by atoms with Gasteiger partial charge in [0.1, 0.15) is 5.65 Å². The van der Waals surface area contributed by atoms with Crippen LogP contribution in [0, 0.1) is 18.3 Å². The van der Waals surface area contributed by atoms with Crippen LogP contribution in [0.3, 0.4) is 0 Å². The van der Waals surface area contributed by atoms with E-state index in [0.717, 1.165) is 54.2 Å². The number of aryl methyl sites for hydroxylation is 1. The maximum atomic E-state index is 9.21. The Labute approximate surface area is 154 Å². The topological polar surface area (TPSA) is 64.9 Å². The van der Waals surface area contributed by atoms with Crippen LogP contribution in [0.1, 0.15) is 25.1 Å². The second-order valence-electron chi connectivity index (χ2n) is 5.97. The zero-order valence-corrected chi connectivity index (χ0v) is 15.5. The first-order chi connectivity index (χ1) is 12.8. The minimum atomic E-state index is 0.665. The summed E-state index contributed by atoms with van der Waals surface area (Å²) >= 11 is 0. The lowest BCUT2D eigenvalue weighted by molar-refractivity contribution is 0.123. The van der Waals surface area contributed by atoms with E-state index in [1.54, 1.807) is 0 Å². The molecule has 2 aromatic heterocycles. The number of nitrogens with zero attached hydrogens (tertiary/aromatic N) is 3. The number of nitriles is 1. The van der Waals surface area contributed by atoms with Gasteiger partial charge in [-0.1, -0.05) is 26.0 Å². The second kappa shape index (κ2) is 8.03. The molecule has 0 unspecified atom stereocenters. The quantitative estimate of drug-likeness (QED) is 0.751. The van der Waals surface area contributed by atoms with Crippen LogP contribution in [-0.4, -0.2) is 36.3 Å². The van der Waals surface area contributed by atoms with E-state index < -0.39 is 0 Å². The number of aromatic nitrogens is 2. The summed E-state index contributed by atoms with van der Waals surface area (Å²) in [6.07, 6.45) is 1.85. The molecule has 0 radical (unpaired) electrons. The summed E-state index contributed by atoms with van der Waals surface area (Å²) in [5.74, 6) is 0. The SMILES string of the molecule is CC.Cc1[nH]c2nccc(N3CCOCC3)c2c1-c1cccc(C#N)c1. The van der Waals surface area contributed by atoms with Crippen molar-refractivity contribution in [3.05, 3.63) is 47.8 Å². The summed E-state index contributed by atoms with van der Waals surface area (Å²) < 4.78 is 5.48. The maximum absolute atomic E-state index is 9.21. The molecule has 3 aromatic rings. The Morgan fingerprint density at radius 2 is 1.96 bits per heavy atom. The standard InChI is InChI=1S/C19H18N4O.C2H6/c1-13-17(15-4-2-3-14(11-15)12-20)18-16(5-6-21-19(18)22-13)23-7-9-24-10-8-23;1-2/h2-6,11H,7-10H2,1H3,(H,21,22);1-2H3. The molecule has 0 bridgehead atoms. The molecule has 0 saturated carbocycles. The highest BCUT2D eigenvalue weighted by Gasteiger charge is 2.20. The van der Waals surface area contributed by atoms with Crippen LogP contribution in [0.25, 0.3) is 22.2 Å². The number of fused-ring (bicyclic) bond motifs is 1. The van der Waals surface area contributed by atoms with Gasteiger partial charge in [0.2, 0.25) is 0 Å². The van der Waals surface area contributed by atoms with Crippen molar-refractivity contribution in [1.82, 2.24) is 9.97 Å². The first-order valence-electron chi connectivity index (χ1n) is 9.08. The number of hydrogen-bond donors (Lipinski definition) is 1. The molecule has 1 aromatic carbocycles. The van der Waals surface area contributed by atoms with Gasteiger partial charge in [-0.15, -0.1) is 0 Å². The zero-order chi connectivity index (χ0) is 18.5. The number of anilines is 1. The summed E-state index contributed by atoms with van der Waals surface area (Å²) in [6.45, 7) is 9.29. The molecule has 5 nitrogen and oxygen atoms in total. The van der Waals surface area contributed by atoms with Crippen molar-refractivity contribution >= 4 is 16.7 Å². The van der Waals surface area contributed by atoms with Gasteiger partial charge in [-0.05, 0) is 30.7 Å². The van der Waals surface area contributed by atoms with Crippen molar-refractivity contribution in [3.8, 4) is 17.2 Å². The predicted molar refractivity (Wildman–Crippen MR) is 105 cm³/mol. The summed E-state index contributed by atoms with van der Waals surface area (Å²) in [4.78, 5) is 10.2. The van der Waals surface area contributed by atoms with Crippen molar-refractivity contribution in [3.63, 3.8) is 0 Å². The molecule has 3 heterocycles. The van der Waals surface area contributed by atoms with E-state index in [1.807, 2.05) is 44.3 Å². The molecule has 1 aliphatic heterocycles. The summed E-state index contributed by atoms with van der Waals surface area (Å²) in [5, 5.41) is 10.3. The summed E-state index contributed by atoms with van der Waals surface area (Å²) in [6, 6.07) is 12.0. The fraction of sp³-hybridized carbons (Fsp3) is 0.333. The van der Waals surface area contributed by atoms with Gasteiger partial charge in [0, 0.05) is 30.5 Å². The first kappa shape index (κ1) is 18.0. The normalized spacial score (nSPS) is 13.8.